The van der Waals surface area contributed by atoms with Crippen molar-refractivity contribution in [1.82, 2.24) is 5.32 Å². The van der Waals surface area contributed by atoms with Crippen molar-refractivity contribution < 1.29 is 19.5 Å². The molecule has 5 nitrogen and oxygen atoms in total. The van der Waals surface area contributed by atoms with Gasteiger partial charge in [-0.05, 0) is 49.3 Å². The number of Topliss-reactive ketones (excluding diaryl/α,β-unsaturated/α-hetero) is 1. The number of carbonyl (C=O) groups is 3. The van der Waals surface area contributed by atoms with E-state index in [1.165, 1.54) is 32.1 Å². The summed E-state index contributed by atoms with van der Waals surface area (Å²) < 4.78 is 0. The van der Waals surface area contributed by atoms with Crippen LogP contribution >= 0.6 is 0 Å². The number of rotatable bonds is 8. The molecular weight excluding hydrogens is 306 g/mol. The van der Waals surface area contributed by atoms with E-state index in [0.29, 0.717) is 24.3 Å². The normalized spacial score (nSPS) is 15.0. The minimum absolute atomic E-state index is 0.0213. The molecule has 0 radical (unpaired) electrons. The topological polar surface area (TPSA) is 83.5 Å². The van der Waals surface area contributed by atoms with E-state index in [-0.39, 0.29) is 12.3 Å². The number of ketones is 1. The Morgan fingerprint density at radius 1 is 1.12 bits per heavy atom. The molecule has 0 bridgehead atoms. The van der Waals surface area contributed by atoms with Gasteiger partial charge in [-0.15, -0.1) is 0 Å². The van der Waals surface area contributed by atoms with Crippen LogP contribution in [-0.2, 0) is 16.0 Å². The SMILES string of the molecule is O=C(O)C(=O)CCCc1cccc(C(=O)NCC2CCCCC2)c1. The zero-order chi connectivity index (χ0) is 17.4. The lowest BCUT2D eigenvalue weighted by Gasteiger charge is -2.21. The largest absolute Gasteiger partial charge is 0.476 e. The first kappa shape index (κ1) is 18.2. The zero-order valence-electron chi connectivity index (χ0n) is 13.9. The smallest absolute Gasteiger partial charge is 0.372 e. The second-order valence-corrected chi connectivity index (χ2v) is 6.50. The van der Waals surface area contributed by atoms with E-state index >= 15 is 0 Å². The molecule has 0 heterocycles. The number of carboxylic acid groups (broad SMARTS) is 1. The Morgan fingerprint density at radius 2 is 1.88 bits per heavy atom. The zero-order valence-corrected chi connectivity index (χ0v) is 13.9. The monoisotopic (exact) mass is 331 g/mol. The molecule has 0 unspecified atom stereocenters. The second kappa shape index (κ2) is 9.21. The van der Waals surface area contributed by atoms with Crippen molar-refractivity contribution >= 4 is 17.7 Å². The van der Waals surface area contributed by atoms with E-state index in [1.807, 2.05) is 18.2 Å². The molecule has 24 heavy (non-hydrogen) atoms. The molecule has 0 aromatic heterocycles. The quantitative estimate of drug-likeness (QED) is 0.717. The number of carboxylic acids is 1. The predicted molar refractivity (Wildman–Crippen MR) is 90.9 cm³/mol. The Morgan fingerprint density at radius 3 is 2.58 bits per heavy atom. The van der Waals surface area contributed by atoms with Gasteiger partial charge in [0.2, 0.25) is 5.78 Å². The summed E-state index contributed by atoms with van der Waals surface area (Å²) in [6.45, 7) is 0.732. The molecule has 1 aliphatic carbocycles. The number of benzene rings is 1. The number of aryl methyl sites for hydroxylation is 1. The predicted octanol–water partition coefficient (Wildman–Crippen LogP) is 2.97. The number of carbonyl (C=O) groups excluding carboxylic acids is 2. The molecule has 2 rings (SSSR count). The van der Waals surface area contributed by atoms with Crippen LogP contribution in [-0.4, -0.2) is 29.3 Å². The Bertz CT molecular complexity index is 591. The Kier molecular flexibility index (Phi) is 6.97. The lowest BCUT2D eigenvalue weighted by atomic mass is 9.89. The Labute approximate surface area is 142 Å². The molecule has 0 saturated heterocycles. The van der Waals surface area contributed by atoms with E-state index in [0.717, 1.165) is 12.1 Å². The lowest BCUT2D eigenvalue weighted by molar-refractivity contribution is -0.149. The molecule has 0 aliphatic heterocycles. The highest BCUT2D eigenvalue weighted by Gasteiger charge is 2.15. The second-order valence-electron chi connectivity index (χ2n) is 6.50. The fourth-order valence-electron chi connectivity index (χ4n) is 3.16. The molecule has 1 amide bonds. The van der Waals surface area contributed by atoms with Crippen molar-refractivity contribution in [3.05, 3.63) is 35.4 Å². The molecule has 0 atom stereocenters. The molecule has 130 valence electrons. The van der Waals surface area contributed by atoms with Crippen molar-refractivity contribution in [2.75, 3.05) is 6.54 Å². The van der Waals surface area contributed by atoms with Crippen molar-refractivity contribution in [3.63, 3.8) is 0 Å². The Hall–Kier alpha value is -2.17. The van der Waals surface area contributed by atoms with Gasteiger partial charge in [-0.1, -0.05) is 31.4 Å². The van der Waals surface area contributed by atoms with E-state index in [9.17, 15) is 14.4 Å². The molecule has 1 aromatic rings. The molecule has 5 heteroatoms. The highest BCUT2D eigenvalue weighted by molar-refractivity contribution is 6.32. The summed E-state index contributed by atoms with van der Waals surface area (Å²) in [5, 5.41) is 11.6. The van der Waals surface area contributed by atoms with Gasteiger partial charge in [0, 0.05) is 18.5 Å². The highest BCUT2D eigenvalue weighted by atomic mass is 16.4. The first-order valence-electron chi connectivity index (χ1n) is 8.69. The summed E-state index contributed by atoms with van der Waals surface area (Å²) in [6.07, 6.45) is 7.28. The average molecular weight is 331 g/mol. The molecule has 1 aromatic carbocycles. The van der Waals surface area contributed by atoms with Crippen molar-refractivity contribution in [1.29, 1.82) is 0 Å². The molecular formula is C19H25NO4. The summed E-state index contributed by atoms with van der Waals surface area (Å²) in [5.41, 5.74) is 1.56. The van der Waals surface area contributed by atoms with Crippen molar-refractivity contribution in [2.24, 2.45) is 5.92 Å². The maximum atomic E-state index is 12.3. The van der Waals surface area contributed by atoms with Gasteiger partial charge in [0.15, 0.2) is 0 Å². The van der Waals surface area contributed by atoms with Gasteiger partial charge in [0.05, 0.1) is 0 Å². The average Bonchev–Trinajstić information content (AvgIpc) is 2.60. The number of hydrogen-bond acceptors (Lipinski definition) is 3. The van der Waals surface area contributed by atoms with Crippen LogP contribution < -0.4 is 5.32 Å². The van der Waals surface area contributed by atoms with Gasteiger partial charge < -0.3 is 10.4 Å². The van der Waals surface area contributed by atoms with Crippen molar-refractivity contribution in [3.8, 4) is 0 Å². The van der Waals surface area contributed by atoms with Gasteiger partial charge in [-0.25, -0.2) is 4.79 Å². The molecule has 0 spiro atoms. The fraction of sp³-hybridized carbons (Fsp3) is 0.526. The van der Waals surface area contributed by atoms with Gasteiger partial charge >= 0.3 is 5.97 Å². The first-order chi connectivity index (χ1) is 11.6. The molecule has 1 aliphatic rings. The van der Waals surface area contributed by atoms with Crippen molar-refractivity contribution in [2.45, 2.75) is 51.4 Å². The summed E-state index contributed by atoms with van der Waals surface area (Å²) in [6, 6.07) is 7.32. The van der Waals surface area contributed by atoms with Crippen LogP contribution in [0.15, 0.2) is 24.3 Å². The van der Waals surface area contributed by atoms with Gasteiger partial charge in [0.25, 0.3) is 5.91 Å². The van der Waals surface area contributed by atoms with Gasteiger partial charge in [-0.2, -0.15) is 0 Å². The van der Waals surface area contributed by atoms with E-state index in [4.69, 9.17) is 5.11 Å². The Balaban J connectivity index is 1.81. The van der Waals surface area contributed by atoms with Gasteiger partial charge in [-0.3, -0.25) is 9.59 Å². The van der Waals surface area contributed by atoms with Crippen LogP contribution in [0.25, 0.3) is 0 Å². The minimum Gasteiger partial charge on any atom is -0.476 e. The van der Waals surface area contributed by atoms with Crippen LogP contribution in [0.4, 0.5) is 0 Å². The summed E-state index contributed by atoms with van der Waals surface area (Å²) in [5.74, 6) is -1.63. The van der Waals surface area contributed by atoms with Crippen LogP contribution in [0.5, 0.6) is 0 Å². The van der Waals surface area contributed by atoms with Gasteiger partial charge in [0.1, 0.15) is 0 Å². The van der Waals surface area contributed by atoms with Crippen LogP contribution in [0.3, 0.4) is 0 Å². The minimum atomic E-state index is -1.38. The third-order valence-electron chi connectivity index (χ3n) is 4.57. The standard InChI is InChI=1S/C19H25NO4/c21-17(19(23)24)11-5-9-14-8-4-10-16(12-14)18(22)20-13-15-6-2-1-3-7-15/h4,8,10,12,15H,1-3,5-7,9,11,13H2,(H,20,22)(H,23,24). The number of nitrogens with one attached hydrogen (secondary N) is 1. The third kappa shape index (κ3) is 5.80. The van der Waals surface area contributed by atoms with Crippen LogP contribution in [0, 0.1) is 5.92 Å². The summed E-state index contributed by atoms with van der Waals surface area (Å²) in [4.78, 5) is 33.8. The first-order valence-corrected chi connectivity index (χ1v) is 8.69. The van der Waals surface area contributed by atoms with E-state index < -0.39 is 11.8 Å². The van der Waals surface area contributed by atoms with Crippen LogP contribution in [0.1, 0.15) is 60.9 Å². The molecule has 1 fully saturated rings. The number of amides is 1. The number of aliphatic carboxylic acids is 1. The fourth-order valence-corrected chi connectivity index (χ4v) is 3.16. The highest BCUT2D eigenvalue weighted by Crippen LogP contribution is 2.22. The summed E-state index contributed by atoms with van der Waals surface area (Å²) >= 11 is 0. The summed E-state index contributed by atoms with van der Waals surface area (Å²) in [7, 11) is 0. The van der Waals surface area contributed by atoms with Crippen LogP contribution in [0.2, 0.25) is 0 Å². The maximum Gasteiger partial charge on any atom is 0.372 e. The van der Waals surface area contributed by atoms with E-state index in [1.54, 1.807) is 6.07 Å². The molecule has 1 saturated carbocycles. The third-order valence-corrected chi connectivity index (χ3v) is 4.57. The molecule has 2 N–H and O–H groups in total. The number of hydrogen-bond donors (Lipinski definition) is 2. The lowest BCUT2D eigenvalue weighted by Crippen LogP contribution is -2.30. The maximum absolute atomic E-state index is 12.3. The van der Waals surface area contributed by atoms with E-state index in [2.05, 4.69) is 5.32 Å².